The highest BCUT2D eigenvalue weighted by Crippen LogP contribution is 2.25. The van der Waals surface area contributed by atoms with Crippen LogP contribution in [0, 0.1) is 0 Å². The highest BCUT2D eigenvalue weighted by Gasteiger charge is 2.18. The van der Waals surface area contributed by atoms with E-state index in [4.69, 9.17) is 9.47 Å². The van der Waals surface area contributed by atoms with Crippen molar-refractivity contribution in [1.29, 1.82) is 0 Å². The van der Waals surface area contributed by atoms with Crippen molar-refractivity contribution >= 4 is 12.3 Å². The van der Waals surface area contributed by atoms with Gasteiger partial charge >= 0.3 is 0 Å². The molecule has 1 atom stereocenters. The lowest BCUT2D eigenvalue weighted by molar-refractivity contribution is -0.125. The maximum atomic E-state index is 12.4. The summed E-state index contributed by atoms with van der Waals surface area (Å²) in [6.45, 7) is 0.743. The summed E-state index contributed by atoms with van der Waals surface area (Å²) in [5.41, 5.74) is 1.64. The molecule has 0 fully saturated rings. The molecule has 1 unspecified atom stereocenters. The van der Waals surface area contributed by atoms with E-state index in [9.17, 15) is 14.4 Å². The minimum atomic E-state index is -0.705. The number of ether oxygens (including phenoxy) is 2. The predicted octanol–water partition coefficient (Wildman–Crippen LogP) is -0.124. The molecule has 2 amide bonds. The van der Waals surface area contributed by atoms with Gasteiger partial charge in [-0.15, -0.1) is 0 Å². The van der Waals surface area contributed by atoms with Crippen molar-refractivity contribution in [2.75, 3.05) is 27.4 Å². The number of aromatic nitrogens is 2. The second kappa shape index (κ2) is 10.2. The van der Waals surface area contributed by atoms with Crippen LogP contribution < -0.4 is 20.9 Å². The lowest BCUT2D eigenvalue weighted by Crippen LogP contribution is -2.45. The molecule has 0 aliphatic rings. The molecule has 2 rings (SSSR count). The van der Waals surface area contributed by atoms with Crippen molar-refractivity contribution in [3.8, 4) is 16.9 Å². The number of hydrogen-bond donors (Lipinski definition) is 2. The zero-order valence-corrected chi connectivity index (χ0v) is 16.1. The Morgan fingerprint density at radius 3 is 2.61 bits per heavy atom. The molecule has 9 nitrogen and oxygen atoms in total. The number of carbonyl (C=O) groups excluding carboxylic acids is 2. The van der Waals surface area contributed by atoms with Gasteiger partial charge in [-0.25, -0.2) is 4.68 Å². The third-order valence-electron chi connectivity index (χ3n) is 4.20. The van der Waals surface area contributed by atoms with Crippen LogP contribution in [-0.2, 0) is 27.8 Å². The minimum Gasteiger partial charge on any atom is -0.494 e. The third kappa shape index (κ3) is 5.17. The Morgan fingerprint density at radius 2 is 2.00 bits per heavy atom. The summed E-state index contributed by atoms with van der Waals surface area (Å²) in [5, 5.41) is 9.17. The molecule has 1 aromatic heterocycles. The minimum absolute atomic E-state index is 0.273. The number of amides is 2. The fourth-order valence-corrected chi connectivity index (χ4v) is 2.70. The maximum absolute atomic E-state index is 12.4. The van der Waals surface area contributed by atoms with Gasteiger partial charge in [-0.3, -0.25) is 14.4 Å². The van der Waals surface area contributed by atoms with Gasteiger partial charge in [0.05, 0.1) is 25.5 Å². The summed E-state index contributed by atoms with van der Waals surface area (Å²) in [6, 6.07) is 6.45. The number of aryl methyl sites for hydroxylation is 1. The molecule has 1 heterocycles. The van der Waals surface area contributed by atoms with E-state index >= 15 is 0 Å². The molecule has 0 saturated heterocycles. The Balaban J connectivity index is 2.20. The molecule has 0 aliphatic heterocycles. The first kappa shape index (κ1) is 21.1. The molecule has 150 valence electrons. The van der Waals surface area contributed by atoms with Crippen molar-refractivity contribution in [3.05, 3.63) is 46.4 Å². The first-order valence-electron chi connectivity index (χ1n) is 8.67. The fourth-order valence-electron chi connectivity index (χ4n) is 2.70. The van der Waals surface area contributed by atoms with Crippen LogP contribution in [0.15, 0.2) is 35.3 Å². The molecule has 2 aromatic rings. The first-order chi connectivity index (χ1) is 13.5. The van der Waals surface area contributed by atoms with E-state index in [0.717, 1.165) is 5.56 Å². The zero-order chi connectivity index (χ0) is 20.5. The van der Waals surface area contributed by atoms with Gasteiger partial charge in [0, 0.05) is 27.1 Å². The van der Waals surface area contributed by atoms with E-state index in [1.54, 1.807) is 38.4 Å². The number of benzene rings is 1. The topological polar surface area (TPSA) is 112 Å². The number of nitrogens with zero attached hydrogens (tertiary/aromatic N) is 2. The Hall–Kier alpha value is -3.20. The molecule has 1 aromatic carbocycles. The van der Waals surface area contributed by atoms with Crippen molar-refractivity contribution in [2.45, 2.75) is 12.5 Å². The third-order valence-corrected chi connectivity index (χ3v) is 4.20. The van der Waals surface area contributed by atoms with Gasteiger partial charge in [0.1, 0.15) is 6.04 Å². The van der Waals surface area contributed by atoms with Gasteiger partial charge in [-0.1, -0.05) is 24.3 Å². The molecule has 0 spiro atoms. The number of nitrogens with one attached hydrogen (secondary N) is 2. The second-order valence-electron chi connectivity index (χ2n) is 6.04. The van der Waals surface area contributed by atoms with Crippen LogP contribution in [0.4, 0.5) is 0 Å². The van der Waals surface area contributed by atoms with Crippen LogP contribution in [0.5, 0.6) is 5.75 Å². The summed E-state index contributed by atoms with van der Waals surface area (Å²) >= 11 is 0. The zero-order valence-electron chi connectivity index (χ0n) is 16.1. The number of methoxy groups -OCH3 is 2. The van der Waals surface area contributed by atoms with Crippen molar-refractivity contribution in [3.63, 3.8) is 0 Å². The van der Waals surface area contributed by atoms with Gasteiger partial charge in [0.25, 0.3) is 5.56 Å². The summed E-state index contributed by atoms with van der Waals surface area (Å²) in [4.78, 5) is 35.5. The number of carbonyl (C=O) groups is 2. The molecule has 28 heavy (non-hydrogen) atoms. The van der Waals surface area contributed by atoms with Crippen LogP contribution in [0.25, 0.3) is 11.1 Å². The van der Waals surface area contributed by atoms with Crippen molar-refractivity contribution in [2.24, 2.45) is 7.05 Å². The van der Waals surface area contributed by atoms with Crippen LogP contribution in [0.2, 0.25) is 0 Å². The van der Waals surface area contributed by atoms with E-state index in [0.29, 0.717) is 42.9 Å². The second-order valence-corrected chi connectivity index (χ2v) is 6.04. The van der Waals surface area contributed by atoms with Gasteiger partial charge < -0.3 is 20.1 Å². The quantitative estimate of drug-likeness (QED) is 0.433. The molecule has 2 N–H and O–H groups in total. The van der Waals surface area contributed by atoms with Gasteiger partial charge in [-0.2, -0.15) is 5.10 Å². The molecular weight excluding hydrogens is 364 g/mol. The van der Waals surface area contributed by atoms with Gasteiger partial charge in [-0.05, 0) is 11.1 Å². The SMILES string of the molecule is COCCNC(=O)C(Cc1ccc(-c2c(OC)cnn(C)c2=O)cc1)NC=O. The normalized spacial score (nSPS) is 11.5. The molecule has 0 radical (unpaired) electrons. The van der Waals surface area contributed by atoms with Crippen LogP contribution in [0.1, 0.15) is 5.56 Å². The van der Waals surface area contributed by atoms with Crippen molar-refractivity contribution < 1.29 is 19.1 Å². The molecule has 9 heteroatoms. The number of hydrogen-bond acceptors (Lipinski definition) is 6. The molecule has 0 bridgehead atoms. The Kier molecular flexibility index (Phi) is 7.70. The lowest BCUT2D eigenvalue weighted by atomic mass is 10.0. The average Bonchev–Trinajstić information content (AvgIpc) is 2.70. The highest BCUT2D eigenvalue weighted by atomic mass is 16.5. The molecule has 0 aliphatic carbocycles. The van der Waals surface area contributed by atoms with Crippen LogP contribution in [-0.4, -0.2) is 55.5 Å². The Labute approximate surface area is 162 Å². The van der Waals surface area contributed by atoms with E-state index < -0.39 is 6.04 Å². The highest BCUT2D eigenvalue weighted by molar-refractivity contribution is 5.84. The summed E-state index contributed by atoms with van der Waals surface area (Å²) in [5.74, 6) is 0.0896. The average molecular weight is 388 g/mol. The number of rotatable bonds is 10. The van der Waals surface area contributed by atoms with E-state index in [-0.39, 0.29) is 11.5 Å². The molecular formula is C19H24N4O5. The predicted molar refractivity (Wildman–Crippen MR) is 103 cm³/mol. The summed E-state index contributed by atoms with van der Waals surface area (Å²) in [6.07, 6.45) is 2.29. The Morgan fingerprint density at radius 1 is 1.29 bits per heavy atom. The fraction of sp³-hybridized carbons (Fsp3) is 0.368. The van der Waals surface area contributed by atoms with Gasteiger partial charge in [0.2, 0.25) is 12.3 Å². The van der Waals surface area contributed by atoms with E-state index in [1.807, 2.05) is 0 Å². The standard InChI is InChI=1S/C19H24N4O5/c1-23-19(26)17(16(28-3)11-22-23)14-6-4-13(5-7-14)10-15(21-12-24)18(25)20-8-9-27-2/h4-7,11-12,15H,8-10H2,1-3H3,(H,20,25)(H,21,24). The van der Waals surface area contributed by atoms with E-state index in [2.05, 4.69) is 15.7 Å². The van der Waals surface area contributed by atoms with E-state index in [1.165, 1.54) is 18.0 Å². The van der Waals surface area contributed by atoms with Crippen LogP contribution in [0.3, 0.4) is 0 Å². The molecule has 0 saturated carbocycles. The monoisotopic (exact) mass is 388 g/mol. The first-order valence-corrected chi connectivity index (χ1v) is 8.67. The maximum Gasteiger partial charge on any atom is 0.278 e. The largest absolute Gasteiger partial charge is 0.494 e. The van der Waals surface area contributed by atoms with Crippen molar-refractivity contribution in [1.82, 2.24) is 20.4 Å². The van der Waals surface area contributed by atoms with Gasteiger partial charge in [0.15, 0.2) is 5.75 Å². The smallest absolute Gasteiger partial charge is 0.278 e. The lowest BCUT2D eigenvalue weighted by Gasteiger charge is -2.16. The summed E-state index contributed by atoms with van der Waals surface area (Å²) < 4.78 is 11.4. The Bertz CT molecular complexity index is 864. The summed E-state index contributed by atoms with van der Waals surface area (Å²) in [7, 11) is 4.59. The van der Waals surface area contributed by atoms with Crippen LogP contribution >= 0.6 is 0 Å².